The number of anilines is 1. The van der Waals surface area contributed by atoms with Crippen molar-refractivity contribution in [3.05, 3.63) is 52.2 Å². The molecule has 1 fully saturated rings. The quantitative estimate of drug-likeness (QED) is 0.811. The fourth-order valence-corrected chi connectivity index (χ4v) is 4.14. The molecule has 0 unspecified atom stereocenters. The lowest BCUT2D eigenvalue weighted by molar-refractivity contribution is 0.190. The first kappa shape index (κ1) is 15.1. The molecule has 0 bridgehead atoms. The number of hydrogen-bond donors (Lipinski definition) is 1. The van der Waals surface area contributed by atoms with Gasteiger partial charge in [0.1, 0.15) is 0 Å². The average molecular weight is 314 g/mol. The average Bonchev–Trinajstić information content (AvgIpc) is 2.81. The summed E-state index contributed by atoms with van der Waals surface area (Å²) in [7, 11) is 0. The number of thiophene rings is 1. The molecule has 3 rings (SSSR count). The van der Waals surface area contributed by atoms with Gasteiger partial charge in [0, 0.05) is 17.1 Å². The van der Waals surface area contributed by atoms with E-state index in [9.17, 15) is 4.79 Å². The van der Waals surface area contributed by atoms with Gasteiger partial charge in [-0.2, -0.15) is 0 Å². The lowest BCUT2D eigenvalue weighted by atomic mass is 10.1. The second-order valence-electron chi connectivity index (χ2n) is 5.82. The minimum Gasteiger partial charge on any atom is -0.317 e. The molecular formula is C18H22N2OS. The highest BCUT2D eigenvalue weighted by Crippen LogP contribution is 2.35. The molecular weight excluding hydrogens is 292 g/mol. The van der Waals surface area contributed by atoms with E-state index in [-0.39, 0.29) is 12.1 Å². The van der Waals surface area contributed by atoms with Crippen molar-refractivity contribution in [3.63, 3.8) is 0 Å². The SMILES string of the molecule is Cc1ccsc1[C@@H]1CCCCCN1C(=O)Nc1ccccc1. The number of carbonyl (C=O) groups is 1. The van der Waals surface area contributed by atoms with Gasteiger partial charge in [-0.3, -0.25) is 0 Å². The van der Waals surface area contributed by atoms with Crippen molar-refractivity contribution < 1.29 is 4.79 Å². The van der Waals surface area contributed by atoms with Crippen LogP contribution in [-0.4, -0.2) is 17.5 Å². The number of para-hydroxylation sites is 1. The summed E-state index contributed by atoms with van der Waals surface area (Å²) >= 11 is 1.77. The number of hydrogen-bond acceptors (Lipinski definition) is 2. The molecule has 1 atom stereocenters. The zero-order valence-corrected chi connectivity index (χ0v) is 13.7. The Hall–Kier alpha value is -1.81. The Labute approximate surface area is 136 Å². The first-order chi connectivity index (χ1) is 10.8. The van der Waals surface area contributed by atoms with Gasteiger partial charge >= 0.3 is 6.03 Å². The first-order valence-corrected chi connectivity index (χ1v) is 8.80. The Kier molecular flexibility index (Phi) is 4.78. The van der Waals surface area contributed by atoms with Gasteiger partial charge in [-0.05, 0) is 48.9 Å². The minimum absolute atomic E-state index is 0.0194. The largest absolute Gasteiger partial charge is 0.322 e. The van der Waals surface area contributed by atoms with E-state index >= 15 is 0 Å². The Balaban J connectivity index is 1.81. The molecule has 1 aromatic carbocycles. The third-order valence-electron chi connectivity index (χ3n) is 4.24. The molecule has 22 heavy (non-hydrogen) atoms. The Morgan fingerprint density at radius 2 is 2.00 bits per heavy atom. The normalized spacial score (nSPS) is 18.8. The van der Waals surface area contributed by atoms with Gasteiger partial charge in [-0.25, -0.2) is 4.79 Å². The van der Waals surface area contributed by atoms with Crippen LogP contribution in [0.2, 0.25) is 0 Å². The summed E-state index contributed by atoms with van der Waals surface area (Å²) in [5.74, 6) is 0. The summed E-state index contributed by atoms with van der Waals surface area (Å²) in [4.78, 5) is 16.1. The first-order valence-electron chi connectivity index (χ1n) is 7.92. The van der Waals surface area contributed by atoms with Crippen molar-refractivity contribution in [2.75, 3.05) is 11.9 Å². The number of benzene rings is 1. The second-order valence-corrected chi connectivity index (χ2v) is 6.77. The third kappa shape index (κ3) is 3.33. The van der Waals surface area contributed by atoms with Gasteiger partial charge in [0.15, 0.2) is 0 Å². The molecule has 0 radical (unpaired) electrons. The zero-order valence-electron chi connectivity index (χ0n) is 12.9. The van der Waals surface area contributed by atoms with Crippen LogP contribution in [-0.2, 0) is 0 Å². The standard InChI is InChI=1S/C18H22N2OS/c1-14-11-13-22-17(14)16-10-6-3-7-12-20(16)18(21)19-15-8-4-2-5-9-15/h2,4-5,8-9,11,13,16H,3,6-7,10,12H2,1H3,(H,19,21)/t16-/m0/s1. The van der Waals surface area contributed by atoms with Crippen LogP contribution in [0.4, 0.5) is 10.5 Å². The number of nitrogens with zero attached hydrogens (tertiary/aromatic N) is 1. The molecule has 1 aliphatic heterocycles. The molecule has 1 aliphatic rings. The van der Waals surface area contributed by atoms with E-state index in [0.717, 1.165) is 25.1 Å². The number of amides is 2. The highest BCUT2D eigenvalue weighted by Gasteiger charge is 2.28. The monoisotopic (exact) mass is 314 g/mol. The predicted octanol–water partition coefficient (Wildman–Crippen LogP) is 5.21. The van der Waals surface area contributed by atoms with Crippen LogP contribution in [0.5, 0.6) is 0 Å². The van der Waals surface area contributed by atoms with E-state index in [0.29, 0.717) is 0 Å². The molecule has 1 saturated heterocycles. The molecule has 116 valence electrons. The maximum atomic E-state index is 12.8. The number of carbonyl (C=O) groups excluding carboxylic acids is 1. The number of rotatable bonds is 2. The van der Waals surface area contributed by atoms with E-state index in [2.05, 4.69) is 23.7 Å². The summed E-state index contributed by atoms with van der Waals surface area (Å²) in [6.07, 6.45) is 4.54. The van der Waals surface area contributed by atoms with Crippen LogP contribution < -0.4 is 5.32 Å². The van der Waals surface area contributed by atoms with Gasteiger partial charge in [0.2, 0.25) is 0 Å². The summed E-state index contributed by atoms with van der Waals surface area (Å²) in [5.41, 5.74) is 2.16. The topological polar surface area (TPSA) is 32.3 Å². The summed E-state index contributed by atoms with van der Waals surface area (Å²) in [5, 5.41) is 5.17. The molecule has 4 heteroatoms. The van der Waals surface area contributed by atoms with Gasteiger partial charge in [0.25, 0.3) is 0 Å². The van der Waals surface area contributed by atoms with E-state index < -0.39 is 0 Å². The fraction of sp³-hybridized carbons (Fsp3) is 0.389. The van der Waals surface area contributed by atoms with Gasteiger partial charge < -0.3 is 10.2 Å². The maximum absolute atomic E-state index is 12.8. The maximum Gasteiger partial charge on any atom is 0.322 e. The third-order valence-corrected chi connectivity index (χ3v) is 5.36. The Bertz CT molecular complexity index is 623. The number of urea groups is 1. The molecule has 1 aromatic heterocycles. The van der Waals surface area contributed by atoms with Crippen LogP contribution in [0.1, 0.15) is 42.2 Å². The Morgan fingerprint density at radius 3 is 2.73 bits per heavy atom. The molecule has 2 heterocycles. The van der Waals surface area contributed by atoms with Crippen molar-refractivity contribution in [2.45, 2.75) is 38.6 Å². The number of nitrogens with one attached hydrogen (secondary N) is 1. The van der Waals surface area contributed by atoms with Crippen molar-refractivity contribution in [1.29, 1.82) is 0 Å². The molecule has 0 aliphatic carbocycles. The zero-order chi connectivity index (χ0) is 15.4. The van der Waals surface area contributed by atoms with Crippen molar-refractivity contribution in [3.8, 4) is 0 Å². The van der Waals surface area contributed by atoms with E-state index in [1.807, 2.05) is 35.2 Å². The highest BCUT2D eigenvalue weighted by molar-refractivity contribution is 7.10. The predicted molar refractivity (Wildman–Crippen MR) is 92.4 cm³/mol. The van der Waals surface area contributed by atoms with E-state index in [1.165, 1.54) is 23.3 Å². The molecule has 0 saturated carbocycles. The van der Waals surface area contributed by atoms with Crippen molar-refractivity contribution in [2.24, 2.45) is 0 Å². The lowest BCUT2D eigenvalue weighted by Crippen LogP contribution is -2.38. The van der Waals surface area contributed by atoms with Crippen LogP contribution in [0.3, 0.4) is 0 Å². The van der Waals surface area contributed by atoms with Crippen LogP contribution >= 0.6 is 11.3 Å². The molecule has 1 N–H and O–H groups in total. The summed E-state index contributed by atoms with van der Waals surface area (Å²) < 4.78 is 0. The lowest BCUT2D eigenvalue weighted by Gasteiger charge is -2.30. The van der Waals surface area contributed by atoms with Crippen molar-refractivity contribution in [1.82, 2.24) is 4.90 Å². The molecule has 0 spiro atoms. The summed E-state index contributed by atoms with van der Waals surface area (Å²) in [6.45, 7) is 2.98. The minimum atomic E-state index is 0.0194. The number of likely N-dealkylation sites (tertiary alicyclic amines) is 1. The van der Waals surface area contributed by atoms with E-state index in [4.69, 9.17) is 0 Å². The smallest absolute Gasteiger partial charge is 0.317 e. The molecule has 2 amide bonds. The van der Waals surface area contributed by atoms with Crippen LogP contribution in [0.25, 0.3) is 0 Å². The van der Waals surface area contributed by atoms with Gasteiger partial charge in [-0.1, -0.05) is 31.0 Å². The van der Waals surface area contributed by atoms with E-state index in [1.54, 1.807) is 11.3 Å². The fourth-order valence-electron chi connectivity index (χ4n) is 3.07. The second kappa shape index (κ2) is 6.97. The van der Waals surface area contributed by atoms with Gasteiger partial charge in [-0.15, -0.1) is 11.3 Å². The van der Waals surface area contributed by atoms with Crippen molar-refractivity contribution >= 4 is 23.1 Å². The van der Waals surface area contributed by atoms with Gasteiger partial charge in [0.05, 0.1) is 6.04 Å². The Morgan fingerprint density at radius 1 is 1.18 bits per heavy atom. The van der Waals surface area contributed by atoms with Crippen LogP contribution in [0, 0.1) is 6.92 Å². The molecule has 2 aromatic rings. The number of aryl methyl sites for hydroxylation is 1. The highest BCUT2D eigenvalue weighted by atomic mass is 32.1. The summed E-state index contributed by atoms with van der Waals surface area (Å²) in [6, 6.07) is 12.1. The van der Waals surface area contributed by atoms with Crippen LogP contribution in [0.15, 0.2) is 41.8 Å². The molecule has 3 nitrogen and oxygen atoms in total.